The molecule has 3 aliphatic heterocycles. The number of carbonyl (C=O) groups is 1. The molecule has 0 aromatic heterocycles. The predicted molar refractivity (Wildman–Crippen MR) is 171 cm³/mol. The molecule has 7 nitrogen and oxygen atoms in total. The van der Waals surface area contributed by atoms with E-state index in [1.807, 2.05) is 59.5 Å². The van der Waals surface area contributed by atoms with Crippen molar-refractivity contribution in [3.8, 4) is 16.9 Å². The van der Waals surface area contributed by atoms with Crippen molar-refractivity contribution in [1.29, 1.82) is 0 Å². The monoisotopic (exact) mass is 624 g/mol. The summed E-state index contributed by atoms with van der Waals surface area (Å²) in [5, 5.41) is 3.35. The van der Waals surface area contributed by atoms with Crippen LogP contribution in [-0.4, -0.2) is 57.8 Å². The standard InChI is InChI=1S/C34H40N2O5S.ClH/c37-33(40-23-26-13-18-35-19-14-26)36-20-16-34(17-21-36)15-12-31-22-30(10-11-32(31)41-34)29-8-6-28(7-9-29)25-42(38,39)24-27-4-2-1-3-5-27;/h1-11,22,26,35H,12-21,23-25H2;1H. The summed E-state index contributed by atoms with van der Waals surface area (Å²) < 4.78 is 37.7. The van der Waals surface area contributed by atoms with E-state index >= 15 is 0 Å². The zero-order valence-corrected chi connectivity index (χ0v) is 26.1. The molecule has 0 bridgehead atoms. The Bertz CT molecular complexity index is 1480. The summed E-state index contributed by atoms with van der Waals surface area (Å²) in [4.78, 5) is 14.5. The molecule has 1 N–H and O–H groups in total. The molecular weight excluding hydrogens is 584 g/mol. The molecule has 3 aromatic carbocycles. The number of rotatable bonds is 7. The lowest BCUT2D eigenvalue weighted by Gasteiger charge is -2.44. The number of fused-ring (bicyclic) bond motifs is 1. The summed E-state index contributed by atoms with van der Waals surface area (Å²) in [5.41, 5.74) is 4.71. The van der Waals surface area contributed by atoms with E-state index in [1.54, 1.807) is 0 Å². The Hall–Kier alpha value is -3.07. The number of ether oxygens (including phenoxy) is 2. The molecule has 0 saturated carbocycles. The van der Waals surface area contributed by atoms with Gasteiger partial charge in [-0.05, 0) is 84.6 Å². The van der Waals surface area contributed by atoms with Crippen molar-refractivity contribution in [2.45, 2.75) is 55.6 Å². The lowest BCUT2D eigenvalue weighted by Crippen LogP contribution is -2.51. The largest absolute Gasteiger partial charge is 0.487 e. The Morgan fingerprint density at radius 1 is 0.884 bits per heavy atom. The third-order valence-electron chi connectivity index (χ3n) is 8.97. The Labute approximate surface area is 261 Å². The molecule has 9 heteroatoms. The topological polar surface area (TPSA) is 84.9 Å². The first-order valence-electron chi connectivity index (χ1n) is 15.1. The first kappa shape index (κ1) is 31.4. The molecule has 3 aromatic rings. The van der Waals surface area contributed by atoms with Crippen molar-refractivity contribution >= 4 is 28.3 Å². The van der Waals surface area contributed by atoms with E-state index in [0.717, 1.165) is 79.6 Å². The number of amides is 1. The smallest absolute Gasteiger partial charge is 0.409 e. The SMILES string of the molecule is Cl.O=C(OCC1CCNCC1)N1CCC2(CCc3cc(-c4ccc(CS(=O)(=O)Cc5ccccc5)cc4)ccc3O2)CC1. The minimum atomic E-state index is -3.25. The lowest BCUT2D eigenvalue weighted by atomic mass is 9.82. The molecule has 6 rings (SSSR count). The van der Waals surface area contributed by atoms with Gasteiger partial charge in [-0.15, -0.1) is 12.4 Å². The van der Waals surface area contributed by atoms with Gasteiger partial charge in [-0.2, -0.15) is 0 Å². The molecule has 0 unspecified atom stereocenters. The maximum absolute atomic E-state index is 12.7. The Kier molecular flexibility index (Phi) is 9.99. The van der Waals surface area contributed by atoms with E-state index in [9.17, 15) is 13.2 Å². The van der Waals surface area contributed by atoms with E-state index in [4.69, 9.17) is 9.47 Å². The molecular formula is C34H41ClN2O5S. The molecule has 1 amide bonds. The van der Waals surface area contributed by atoms with E-state index in [2.05, 4.69) is 23.5 Å². The zero-order valence-electron chi connectivity index (χ0n) is 24.5. The highest BCUT2D eigenvalue weighted by atomic mass is 35.5. The van der Waals surface area contributed by atoms with E-state index < -0.39 is 9.84 Å². The summed E-state index contributed by atoms with van der Waals surface area (Å²) in [6.45, 7) is 3.84. The van der Waals surface area contributed by atoms with Crippen LogP contribution in [0.2, 0.25) is 0 Å². The predicted octanol–water partition coefficient (Wildman–Crippen LogP) is 6.19. The maximum atomic E-state index is 12.7. The number of halogens is 1. The minimum Gasteiger partial charge on any atom is -0.487 e. The van der Waals surface area contributed by atoms with Gasteiger partial charge in [0.25, 0.3) is 0 Å². The van der Waals surface area contributed by atoms with Gasteiger partial charge >= 0.3 is 6.09 Å². The first-order chi connectivity index (χ1) is 20.4. The van der Waals surface area contributed by atoms with Crippen LogP contribution in [0.5, 0.6) is 5.75 Å². The normalized spacial score (nSPS) is 18.3. The van der Waals surface area contributed by atoms with Crippen LogP contribution in [0.3, 0.4) is 0 Å². The van der Waals surface area contributed by atoms with Gasteiger partial charge in [0.05, 0.1) is 18.1 Å². The molecule has 1 spiro atoms. The number of nitrogens with one attached hydrogen (secondary N) is 1. The second kappa shape index (κ2) is 13.7. The molecule has 0 atom stereocenters. The zero-order chi connectivity index (χ0) is 29.0. The van der Waals surface area contributed by atoms with Gasteiger partial charge in [-0.1, -0.05) is 60.7 Å². The molecule has 2 fully saturated rings. The summed E-state index contributed by atoms with van der Waals surface area (Å²) >= 11 is 0. The quantitative estimate of drug-likeness (QED) is 0.338. The molecule has 230 valence electrons. The molecule has 43 heavy (non-hydrogen) atoms. The second-order valence-electron chi connectivity index (χ2n) is 12.1. The highest BCUT2D eigenvalue weighted by Crippen LogP contribution is 2.41. The van der Waals surface area contributed by atoms with Crippen molar-refractivity contribution in [2.24, 2.45) is 5.92 Å². The average Bonchev–Trinajstić information content (AvgIpc) is 3.01. The van der Waals surface area contributed by atoms with Crippen LogP contribution in [0, 0.1) is 5.92 Å². The van der Waals surface area contributed by atoms with Gasteiger partial charge in [-0.25, -0.2) is 13.2 Å². The highest BCUT2D eigenvalue weighted by molar-refractivity contribution is 7.89. The Balaban J connectivity index is 0.00000368. The molecule has 0 aliphatic carbocycles. The van der Waals surface area contributed by atoms with Gasteiger partial charge in [-0.3, -0.25) is 0 Å². The van der Waals surface area contributed by atoms with Gasteiger partial charge < -0.3 is 19.7 Å². The summed E-state index contributed by atoms with van der Waals surface area (Å²) in [6.07, 6.45) is 5.42. The highest BCUT2D eigenvalue weighted by Gasteiger charge is 2.41. The third-order valence-corrected chi connectivity index (χ3v) is 10.5. The average molecular weight is 625 g/mol. The number of likely N-dealkylation sites (tertiary alicyclic amines) is 1. The van der Waals surface area contributed by atoms with E-state index in [0.29, 0.717) is 25.6 Å². The number of nitrogens with zero attached hydrogens (tertiary/aromatic N) is 1. The number of hydrogen-bond donors (Lipinski definition) is 1. The van der Waals surface area contributed by atoms with Crippen molar-refractivity contribution in [1.82, 2.24) is 10.2 Å². The van der Waals surface area contributed by atoms with Crippen molar-refractivity contribution in [3.63, 3.8) is 0 Å². The van der Waals surface area contributed by atoms with Crippen molar-refractivity contribution in [2.75, 3.05) is 32.8 Å². The van der Waals surface area contributed by atoms with Crippen LogP contribution in [0.15, 0.2) is 72.8 Å². The van der Waals surface area contributed by atoms with Gasteiger partial charge in [0.1, 0.15) is 11.4 Å². The Morgan fingerprint density at radius 3 is 2.23 bits per heavy atom. The fraction of sp³-hybridized carbons (Fsp3) is 0.441. The van der Waals surface area contributed by atoms with Gasteiger partial charge in [0.15, 0.2) is 9.84 Å². The van der Waals surface area contributed by atoms with Crippen LogP contribution in [0.4, 0.5) is 4.79 Å². The molecule has 3 aliphatic rings. The molecule has 2 saturated heterocycles. The lowest BCUT2D eigenvalue weighted by molar-refractivity contribution is -0.0160. The van der Waals surface area contributed by atoms with Crippen LogP contribution in [0.1, 0.15) is 48.8 Å². The summed E-state index contributed by atoms with van der Waals surface area (Å²) in [7, 11) is -3.25. The fourth-order valence-electron chi connectivity index (χ4n) is 6.40. The summed E-state index contributed by atoms with van der Waals surface area (Å²) in [6, 6.07) is 23.5. The first-order valence-corrected chi connectivity index (χ1v) is 17.0. The van der Waals surface area contributed by atoms with Crippen LogP contribution < -0.4 is 10.1 Å². The second-order valence-corrected chi connectivity index (χ2v) is 14.1. The van der Waals surface area contributed by atoms with Gasteiger partial charge in [0.2, 0.25) is 0 Å². The molecule has 3 heterocycles. The number of piperidine rings is 2. The number of benzene rings is 3. The Morgan fingerprint density at radius 2 is 1.53 bits per heavy atom. The number of sulfone groups is 1. The minimum absolute atomic E-state index is 0. The maximum Gasteiger partial charge on any atom is 0.409 e. The van der Waals surface area contributed by atoms with Crippen LogP contribution >= 0.6 is 12.4 Å². The number of hydrogen-bond acceptors (Lipinski definition) is 6. The fourth-order valence-corrected chi connectivity index (χ4v) is 7.91. The van der Waals surface area contributed by atoms with Crippen LogP contribution in [-0.2, 0) is 32.5 Å². The number of carbonyl (C=O) groups excluding carboxylic acids is 1. The van der Waals surface area contributed by atoms with Crippen molar-refractivity contribution < 1.29 is 22.7 Å². The number of aryl methyl sites for hydroxylation is 1. The molecule has 0 radical (unpaired) electrons. The van der Waals surface area contributed by atoms with E-state index in [-0.39, 0.29) is 35.6 Å². The third kappa shape index (κ3) is 7.91. The van der Waals surface area contributed by atoms with Crippen molar-refractivity contribution in [3.05, 3.63) is 89.5 Å². The van der Waals surface area contributed by atoms with Crippen LogP contribution in [0.25, 0.3) is 11.1 Å². The van der Waals surface area contributed by atoms with Gasteiger partial charge in [0, 0.05) is 25.9 Å². The summed E-state index contributed by atoms with van der Waals surface area (Å²) in [5.74, 6) is 1.46. The van der Waals surface area contributed by atoms with E-state index in [1.165, 1.54) is 5.56 Å².